The fraction of sp³-hybridized carbons (Fsp3) is 0.304. The lowest BCUT2D eigenvalue weighted by Gasteiger charge is -2.16. The lowest BCUT2D eigenvalue weighted by Crippen LogP contribution is -2.36. The molecule has 30 heavy (non-hydrogen) atoms. The molecule has 2 N–H and O–H groups in total. The highest BCUT2D eigenvalue weighted by molar-refractivity contribution is 5.79. The molecule has 2 aromatic carbocycles. The second kappa shape index (κ2) is 11.0. The van der Waals surface area contributed by atoms with Crippen molar-refractivity contribution in [2.24, 2.45) is 4.99 Å². The van der Waals surface area contributed by atoms with Crippen LogP contribution in [0.3, 0.4) is 0 Å². The fourth-order valence-electron chi connectivity index (χ4n) is 2.99. The Balaban J connectivity index is 1.57. The fourth-order valence-corrected chi connectivity index (χ4v) is 2.99. The highest BCUT2D eigenvalue weighted by Crippen LogP contribution is 2.20. The van der Waals surface area contributed by atoms with Crippen molar-refractivity contribution in [3.63, 3.8) is 0 Å². The van der Waals surface area contributed by atoms with Crippen molar-refractivity contribution >= 4 is 5.96 Å². The van der Waals surface area contributed by atoms with Crippen LogP contribution in [0.15, 0.2) is 65.9 Å². The molecule has 0 saturated carbocycles. The number of guanidine groups is 1. The van der Waals surface area contributed by atoms with Crippen molar-refractivity contribution in [2.45, 2.75) is 20.0 Å². The molecular weight excluding hydrogens is 378 g/mol. The van der Waals surface area contributed by atoms with Gasteiger partial charge in [0.2, 0.25) is 0 Å². The van der Waals surface area contributed by atoms with Crippen LogP contribution >= 0.6 is 0 Å². The summed E-state index contributed by atoms with van der Waals surface area (Å²) in [5.41, 5.74) is 4.40. The molecule has 0 radical (unpaired) electrons. The number of aryl methyl sites for hydroxylation is 1. The second-order valence-electron chi connectivity index (χ2n) is 6.85. The molecule has 0 bridgehead atoms. The quantitative estimate of drug-likeness (QED) is 0.324. The van der Waals surface area contributed by atoms with Gasteiger partial charge in [-0.1, -0.05) is 24.3 Å². The summed E-state index contributed by atoms with van der Waals surface area (Å²) in [6, 6.07) is 16.4. The Morgan fingerprint density at radius 1 is 1.07 bits per heavy atom. The Bertz CT molecular complexity index is 954. The topological polar surface area (TPSA) is 72.7 Å². The number of aromatic nitrogens is 2. The molecule has 3 rings (SSSR count). The van der Waals surface area contributed by atoms with Crippen molar-refractivity contribution in [1.82, 2.24) is 20.4 Å². The van der Waals surface area contributed by atoms with Crippen molar-refractivity contribution in [2.75, 3.05) is 27.4 Å². The number of hydrogen-bond donors (Lipinski definition) is 2. The molecule has 0 aliphatic rings. The summed E-state index contributed by atoms with van der Waals surface area (Å²) in [7, 11) is 3.43. The van der Waals surface area contributed by atoms with E-state index in [0.717, 1.165) is 34.1 Å². The standard InChI is InChI=1S/C23H29N5O2/c1-18-8-9-20(22(14-18)30-13-12-29-3)17-26-23(24-2)25-16-19-6-4-7-21(15-19)28-11-5-10-27-28/h4-11,14-15H,12-13,16-17H2,1-3H3,(H2,24,25,26). The highest BCUT2D eigenvalue weighted by atomic mass is 16.5. The zero-order valence-corrected chi connectivity index (χ0v) is 17.8. The summed E-state index contributed by atoms with van der Waals surface area (Å²) in [5, 5.41) is 11.0. The predicted molar refractivity (Wildman–Crippen MR) is 119 cm³/mol. The first-order valence-electron chi connectivity index (χ1n) is 9.94. The van der Waals surface area contributed by atoms with E-state index in [1.807, 2.05) is 35.1 Å². The zero-order chi connectivity index (χ0) is 21.2. The van der Waals surface area contributed by atoms with Gasteiger partial charge in [0.25, 0.3) is 0 Å². The maximum absolute atomic E-state index is 5.87. The number of aliphatic imine (C=N–C) groups is 1. The molecule has 3 aromatic rings. The Labute approximate surface area is 177 Å². The van der Waals surface area contributed by atoms with Gasteiger partial charge in [-0.2, -0.15) is 5.10 Å². The molecule has 0 amide bonds. The minimum Gasteiger partial charge on any atom is -0.491 e. The van der Waals surface area contributed by atoms with Crippen molar-refractivity contribution < 1.29 is 9.47 Å². The van der Waals surface area contributed by atoms with Crippen molar-refractivity contribution in [1.29, 1.82) is 0 Å². The van der Waals surface area contributed by atoms with E-state index >= 15 is 0 Å². The summed E-state index contributed by atoms with van der Waals surface area (Å²) < 4.78 is 12.8. The van der Waals surface area contributed by atoms with E-state index in [-0.39, 0.29) is 0 Å². The number of rotatable bonds is 9. The first-order chi connectivity index (χ1) is 14.7. The van der Waals surface area contributed by atoms with Crippen LogP contribution < -0.4 is 15.4 Å². The first kappa shape index (κ1) is 21.4. The number of ether oxygens (including phenoxy) is 2. The van der Waals surface area contributed by atoms with E-state index in [2.05, 4.69) is 51.9 Å². The van der Waals surface area contributed by atoms with Gasteiger partial charge >= 0.3 is 0 Å². The molecule has 0 aliphatic heterocycles. The minimum atomic E-state index is 0.520. The van der Waals surface area contributed by atoms with Crippen LogP contribution in [0.1, 0.15) is 16.7 Å². The number of methoxy groups -OCH3 is 1. The SMILES string of the molecule is CN=C(NCc1cccc(-n2cccn2)c1)NCc1ccc(C)cc1OCCOC. The second-order valence-corrected chi connectivity index (χ2v) is 6.85. The summed E-state index contributed by atoms with van der Waals surface area (Å²) in [6.45, 7) is 4.39. The van der Waals surface area contributed by atoms with Crippen molar-refractivity contribution in [3.05, 3.63) is 77.6 Å². The van der Waals surface area contributed by atoms with Gasteiger partial charge in [0.1, 0.15) is 12.4 Å². The Hall–Kier alpha value is -3.32. The van der Waals surface area contributed by atoms with Crippen molar-refractivity contribution in [3.8, 4) is 11.4 Å². The lowest BCUT2D eigenvalue weighted by atomic mass is 10.1. The molecule has 0 saturated heterocycles. The van der Waals surface area contributed by atoms with Crippen LogP contribution in [0.4, 0.5) is 0 Å². The van der Waals surface area contributed by atoms with Crippen LogP contribution in [0, 0.1) is 6.92 Å². The molecule has 0 aliphatic carbocycles. The Morgan fingerprint density at radius 3 is 2.70 bits per heavy atom. The third-order valence-electron chi connectivity index (χ3n) is 4.58. The highest BCUT2D eigenvalue weighted by Gasteiger charge is 2.07. The van der Waals surface area contributed by atoms with E-state index in [9.17, 15) is 0 Å². The maximum Gasteiger partial charge on any atom is 0.191 e. The van der Waals surface area contributed by atoms with E-state index in [1.165, 1.54) is 0 Å². The molecular formula is C23H29N5O2. The van der Waals surface area contributed by atoms with Gasteiger partial charge in [0, 0.05) is 45.2 Å². The zero-order valence-electron chi connectivity index (χ0n) is 17.8. The lowest BCUT2D eigenvalue weighted by molar-refractivity contribution is 0.145. The molecule has 1 heterocycles. The number of benzene rings is 2. The van der Waals surface area contributed by atoms with Gasteiger partial charge in [-0.15, -0.1) is 0 Å². The Kier molecular flexibility index (Phi) is 7.86. The molecule has 1 aromatic heterocycles. The minimum absolute atomic E-state index is 0.520. The Morgan fingerprint density at radius 2 is 1.93 bits per heavy atom. The maximum atomic E-state index is 5.87. The van der Waals surface area contributed by atoms with E-state index in [0.29, 0.717) is 26.3 Å². The number of nitrogens with zero attached hydrogens (tertiary/aromatic N) is 3. The van der Waals surface area contributed by atoms with E-state index < -0.39 is 0 Å². The number of nitrogens with one attached hydrogen (secondary N) is 2. The molecule has 7 nitrogen and oxygen atoms in total. The largest absolute Gasteiger partial charge is 0.491 e. The molecule has 0 atom stereocenters. The summed E-state index contributed by atoms with van der Waals surface area (Å²) in [4.78, 5) is 4.33. The molecule has 158 valence electrons. The van der Waals surface area contributed by atoms with Crippen LogP contribution in [-0.2, 0) is 17.8 Å². The monoisotopic (exact) mass is 407 g/mol. The molecule has 7 heteroatoms. The smallest absolute Gasteiger partial charge is 0.191 e. The van der Waals surface area contributed by atoms with Crippen LogP contribution in [0.25, 0.3) is 5.69 Å². The normalized spacial score (nSPS) is 11.4. The summed E-state index contributed by atoms with van der Waals surface area (Å²) >= 11 is 0. The third-order valence-corrected chi connectivity index (χ3v) is 4.58. The van der Waals surface area contributed by atoms with Gasteiger partial charge < -0.3 is 20.1 Å². The van der Waals surface area contributed by atoms with Gasteiger partial charge in [0.15, 0.2) is 5.96 Å². The van der Waals surface area contributed by atoms with Crippen LogP contribution in [-0.4, -0.2) is 43.1 Å². The summed E-state index contributed by atoms with van der Waals surface area (Å²) in [5.74, 6) is 1.59. The van der Waals surface area contributed by atoms with Gasteiger partial charge in [-0.3, -0.25) is 4.99 Å². The molecule has 0 fully saturated rings. The average molecular weight is 408 g/mol. The van der Waals surface area contributed by atoms with E-state index in [4.69, 9.17) is 9.47 Å². The van der Waals surface area contributed by atoms with Gasteiger partial charge in [0.05, 0.1) is 12.3 Å². The summed E-state index contributed by atoms with van der Waals surface area (Å²) in [6.07, 6.45) is 3.70. The average Bonchev–Trinajstić information content (AvgIpc) is 3.30. The van der Waals surface area contributed by atoms with Crippen LogP contribution in [0.2, 0.25) is 0 Å². The van der Waals surface area contributed by atoms with Crippen LogP contribution in [0.5, 0.6) is 5.75 Å². The molecule has 0 spiro atoms. The number of hydrogen-bond acceptors (Lipinski definition) is 4. The third kappa shape index (κ3) is 6.09. The first-order valence-corrected chi connectivity index (χ1v) is 9.94. The van der Waals surface area contributed by atoms with Gasteiger partial charge in [-0.05, 0) is 42.3 Å². The van der Waals surface area contributed by atoms with E-state index in [1.54, 1.807) is 20.4 Å². The molecule has 0 unspecified atom stereocenters. The predicted octanol–water partition coefficient (Wildman–Crippen LogP) is 3.07. The van der Waals surface area contributed by atoms with Gasteiger partial charge in [-0.25, -0.2) is 4.68 Å².